The number of hydrogen-bond acceptors (Lipinski definition) is 6. The zero-order valence-corrected chi connectivity index (χ0v) is 18.2. The van der Waals surface area contributed by atoms with Crippen LogP contribution in [0.15, 0.2) is 30.3 Å². The highest BCUT2D eigenvalue weighted by Gasteiger charge is 2.31. The number of hydrogen-bond donors (Lipinski definition) is 1. The zero-order chi connectivity index (χ0) is 22.6. The van der Waals surface area contributed by atoms with Crippen molar-refractivity contribution in [3.05, 3.63) is 58.1 Å². The Hall–Kier alpha value is -2.72. The maximum absolute atomic E-state index is 12.9. The second-order valence-corrected chi connectivity index (χ2v) is 9.72. The highest BCUT2D eigenvalue weighted by molar-refractivity contribution is 7.91. The summed E-state index contributed by atoms with van der Waals surface area (Å²) in [5.41, 5.74) is 1.72. The van der Waals surface area contributed by atoms with Crippen molar-refractivity contribution in [2.45, 2.75) is 25.9 Å². The number of ether oxygens (including phenoxy) is 1. The number of carbonyl (C=O) groups excluding carboxylic acids is 2. The number of nitrogens with one attached hydrogen (secondary N) is 1. The molecular formula is C20H21ClFN3O5S. The molecule has 8 nitrogen and oxygen atoms in total. The smallest absolute Gasteiger partial charge is 0.331 e. The van der Waals surface area contributed by atoms with E-state index >= 15 is 0 Å². The van der Waals surface area contributed by atoms with Crippen molar-refractivity contribution < 1.29 is 27.1 Å². The lowest BCUT2D eigenvalue weighted by atomic mass is 10.2. The minimum Gasteiger partial charge on any atom is -0.452 e. The van der Waals surface area contributed by atoms with Gasteiger partial charge < -0.3 is 10.1 Å². The quantitative estimate of drug-likeness (QED) is 0.492. The Labute approximate surface area is 183 Å². The number of carbonyl (C=O) groups is 2. The standard InChI is InChI=1S/C20H21ClFN3O5S/c1-13-17(20(21)25(24-13)16-8-9-31(28,29)12-16)6-7-19(27)30-11-18(26)23-10-14-2-4-15(22)5-3-14/h2-7,16H,8-12H2,1H3,(H,23,26)/b7-6+/t16-/m1/s1. The van der Waals surface area contributed by atoms with Crippen molar-refractivity contribution in [3.8, 4) is 0 Å². The van der Waals surface area contributed by atoms with E-state index in [1.54, 1.807) is 6.92 Å². The molecule has 1 aromatic carbocycles. The van der Waals surface area contributed by atoms with Gasteiger partial charge in [-0.15, -0.1) is 0 Å². The van der Waals surface area contributed by atoms with Gasteiger partial charge in [0.1, 0.15) is 11.0 Å². The Bertz CT molecular complexity index is 1110. The van der Waals surface area contributed by atoms with Crippen LogP contribution in [0.2, 0.25) is 5.15 Å². The third kappa shape index (κ3) is 6.14. The Morgan fingerprint density at radius 3 is 2.71 bits per heavy atom. The van der Waals surface area contributed by atoms with Gasteiger partial charge in [0.15, 0.2) is 16.4 Å². The molecule has 1 fully saturated rings. The third-order valence-electron chi connectivity index (χ3n) is 4.76. The van der Waals surface area contributed by atoms with Gasteiger partial charge >= 0.3 is 5.97 Å². The highest BCUT2D eigenvalue weighted by atomic mass is 35.5. The van der Waals surface area contributed by atoms with Crippen LogP contribution in [-0.4, -0.2) is 48.2 Å². The molecule has 0 aliphatic carbocycles. The summed E-state index contributed by atoms with van der Waals surface area (Å²) >= 11 is 6.34. The maximum atomic E-state index is 12.9. The van der Waals surface area contributed by atoms with E-state index in [2.05, 4.69) is 10.4 Å². The molecular weight excluding hydrogens is 449 g/mol. The van der Waals surface area contributed by atoms with Gasteiger partial charge in [-0.05, 0) is 37.1 Å². The van der Waals surface area contributed by atoms with Crippen LogP contribution in [-0.2, 0) is 30.7 Å². The van der Waals surface area contributed by atoms with E-state index in [1.165, 1.54) is 35.0 Å². The summed E-state index contributed by atoms with van der Waals surface area (Å²) in [5.74, 6) is -1.55. The third-order valence-corrected chi connectivity index (χ3v) is 6.89. The Kier molecular flexibility index (Phi) is 7.11. The molecule has 1 aliphatic heterocycles. The lowest BCUT2D eigenvalue weighted by molar-refractivity contribution is -0.143. The first-order chi connectivity index (χ1) is 14.6. The van der Waals surface area contributed by atoms with E-state index in [0.29, 0.717) is 23.2 Å². The van der Waals surface area contributed by atoms with E-state index in [4.69, 9.17) is 16.3 Å². The van der Waals surface area contributed by atoms with E-state index in [-0.39, 0.29) is 35.1 Å². The van der Waals surface area contributed by atoms with Crippen LogP contribution in [0.5, 0.6) is 0 Å². The first-order valence-corrected chi connectivity index (χ1v) is 11.7. The molecule has 11 heteroatoms. The van der Waals surface area contributed by atoms with Crippen molar-refractivity contribution >= 4 is 39.4 Å². The molecule has 1 aromatic heterocycles. The topological polar surface area (TPSA) is 107 Å². The van der Waals surface area contributed by atoms with Gasteiger partial charge in [-0.3, -0.25) is 4.79 Å². The maximum Gasteiger partial charge on any atom is 0.331 e. The van der Waals surface area contributed by atoms with Gasteiger partial charge in [0.25, 0.3) is 5.91 Å². The fraction of sp³-hybridized carbons (Fsp3) is 0.350. The van der Waals surface area contributed by atoms with Gasteiger partial charge in [0.2, 0.25) is 0 Å². The number of aryl methyl sites for hydroxylation is 1. The molecule has 166 valence electrons. The Morgan fingerprint density at radius 1 is 1.35 bits per heavy atom. The number of halogens is 2. The Balaban J connectivity index is 1.51. The highest BCUT2D eigenvalue weighted by Crippen LogP contribution is 2.30. The SMILES string of the molecule is Cc1nn([C@@H]2CCS(=O)(=O)C2)c(Cl)c1/C=C/C(=O)OCC(=O)NCc1ccc(F)cc1. The summed E-state index contributed by atoms with van der Waals surface area (Å²) in [6, 6.07) is 5.31. The second kappa shape index (κ2) is 9.61. The molecule has 3 rings (SSSR count). The van der Waals surface area contributed by atoms with Crippen molar-refractivity contribution in [1.29, 1.82) is 0 Å². The summed E-state index contributed by atoms with van der Waals surface area (Å²) in [6.07, 6.45) is 2.98. The minimum atomic E-state index is -3.10. The Morgan fingerprint density at radius 2 is 2.06 bits per heavy atom. The first-order valence-electron chi connectivity index (χ1n) is 9.45. The van der Waals surface area contributed by atoms with Gasteiger partial charge in [-0.1, -0.05) is 23.7 Å². The molecule has 1 amide bonds. The molecule has 1 atom stereocenters. The fourth-order valence-electron chi connectivity index (χ4n) is 3.12. The van der Waals surface area contributed by atoms with Crippen molar-refractivity contribution in [2.75, 3.05) is 18.1 Å². The first kappa shape index (κ1) is 23.0. The van der Waals surface area contributed by atoms with Crippen molar-refractivity contribution in [3.63, 3.8) is 0 Å². The van der Waals surface area contributed by atoms with Crippen LogP contribution in [0.3, 0.4) is 0 Å². The summed E-state index contributed by atoms with van der Waals surface area (Å²) in [6.45, 7) is 1.40. The molecule has 0 radical (unpaired) electrons. The summed E-state index contributed by atoms with van der Waals surface area (Å²) in [4.78, 5) is 23.7. The molecule has 0 bridgehead atoms. The largest absolute Gasteiger partial charge is 0.452 e. The average Bonchev–Trinajstić information content (AvgIpc) is 3.22. The average molecular weight is 470 g/mol. The lowest BCUT2D eigenvalue weighted by Crippen LogP contribution is -2.28. The monoisotopic (exact) mass is 469 g/mol. The summed E-state index contributed by atoms with van der Waals surface area (Å²) in [7, 11) is -3.10. The molecule has 1 saturated heterocycles. The van der Waals surface area contributed by atoms with Gasteiger partial charge in [-0.2, -0.15) is 5.10 Å². The minimum absolute atomic E-state index is 0.0218. The number of nitrogens with zero attached hydrogens (tertiary/aromatic N) is 2. The van der Waals surface area contributed by atoms with Crippen LogP contribution >= 0.6 is 11.6 Å². The van der Waals surface area contributed by atoms with E-state index < -0.39 is 28.3 Å². The molecule has 1 N–H and O–H groups in total. The number of sulfone groups is 1. The molecule has 0 unspecified atom stereocenters. The van der Waals surface area contributed by atoms with Gasteiger partial charge in [0, 0.05) is 18.2 Å². The number of esters is 1. The molecule has 1 aliphatic rings. The van der Waals surface area contributed by atoms with E-state index in [9.17, 15) is 22.4 Å². The number of amides is 1. The van der Waals surface area contributed by atoms with Crippen LogP contribution in [0.4, 0.5) is 4.39 Å². The normalized spacial score (nSPS) is 17.7. The van der Waals surface area contributed by atoms with Gasteiger partial charge in [0.05, 0.1) is 23.2 Å². The van der Waals surface area contributed by atoms with Crippen LogP contribution in [0.1, 0.15) is 29.3 Å². The lowest BCUT2D eigenvalue weighted by Gasteiger charge is -2.09. The molecule has 0 spiro atoms. The molecule has 31 heavy (non-hydrogen) atoms. The number of rotatable bonds is 7. The van der Waals surface area contributed by atoms with Crippen LogP contribution in [0, 0.1) is 12.7 Å². The van der Waals surface area contributed by atoms with Gasteiger partial charge in [-0.25, -0.2) is 22.3 Å². The molecule has 2 heterocycles. The van der Waals surface area contributed by atoms with Crippen LogP contribution in [0.25, 0.3) is 6.08 Å². The van der Waals surface area contributed by atoms with Crippen molar-refractivity contribution in [2.24, 2.45) is 0 Å². The predicted molar refractivity (Wildman–Crippen MR) is 113 cm³/mol. The predicted octanol–water partition coefficient (Wildman–Crippen LogP) is 2.22. The molecule has 0 saturated carbocycles. The van der Waals surface area contributed by atoms with Crippen molar-refractivity contribution in [1.82, 2.24) is 15.1 Å². The van der Waals surface area contributed by atoms with E-state index in [0.717, 1.165) is 6.08 Å². The zero-order valence-electron chi connectivity index (χ0n) is 16.7. The molecule has 2 aromatic rings. The second-order valence-electron chi connectivity index (χ2n) is 7.14. The number of benzene rings is 1. The fourth-order valence-corrected chi connectivity index (χ4v) is 5.19. The summed E-state index contributed by atoms with van der Waals surface area (Å²) in [5, 5.41) is 7.10. The number of aromatic nitrogens is 2. The van der Waals surface area contributed by atoms with E-state index in [1.807, 2.05) is 0 Å². The van der Waals surface area contributed by atoms with Crippen LogP contribution < -0.4 is 5.32 Å². The summed E-state index contributed by atoms with van der Waals surface area (Å²) < 4.78 is 42.6.